The van der Waals surface area contributed by atoms with E-state index in [1.807, 2.05) is 26.8 Å². The van der Waals surface area contributed by atoms with Gasteiger partial charge in [0.2, 0.25) is 0 Å². The quantitative estimate of drug-likeness (QED) is 0.809. The second kappa shape index (κ2) is 6.83. The number of carbonyl (C=O) groups excluding carboxylic acids is 2. The first-order chi connectivity index (χ1) is 12.7. The molecule has 1 aliphatic heterocycles. The van der Waals surface area contributed by atoms with Gasteiger partial charge in [-0.05, 0) is 24.6 Å². The smallest absolute Gasteiger partial charge is 0.267 e. The number of hydrogen-bond acceptors (Lipinski definition) is 5. The van der Waals surface area contributed by atoms with Gasteiger partial charge in [0.15, 0.2) is 0 Å². The molecule has 1 saturated heterocycles. The lowest BCUT2D eigenvalue weighted by molar-refractivity contribution is 0.0179. The third-order valence-corrected chi connectivity index (χ3v) is 4.49. The van der Waals surface area contributed by atoms with Gasteiger partial charge in [0.1, 0.15) is 17.5 Å². The van der Waals surface area contributed by atoms with Crippen molar-refractivity contribution in [1.29, 1.82) is 5.26 Å². The molecular weight excluding hydrogens is 344 g/mol. The molecule has 1 aliphatic rings. The van der Waals surface area contributed by atoms with Crippen molar-refractivity contribution in [3.63, 3.8) is 0 Å². The minimum Gasteiger partial charge on any atom is -0.267 e. The summed E-state index contributed by atoms with van der Waals surface area (Å²) < 4.78 is 1.56. The van der Waals surface area contributed by atoms with Crippen molar-refractivity contribution in [2.24, 2.45) is 7.05 Å². The Kier molecular flexibility index (Phi) is 4.70. The van der Waals surface area contributed by atoms with E-state index in [0.717, 1.165) is 5.69 Å². The van der Waals surface area contributed by atoms with Crippen molar-refractivity contribution in [1.82, 2.24) is 24.8 Å². The Morgan fingerprint density at radius 2 is 1.81 bits per heavy atom. The summed E-state index contributed by atoms with van der Waals surface area (Å²) in [5.74, 6) is -0.566. The molecule has 0 atom stereocenters. The molecule has 0 aliphatic carbocycles. The van der Waals surface area contributed by atoms with Gasteiger partial charge in [0.25, 0.3) is 11.8 Å². The fraction of sp³-hybridized carbons (Fsp3) is 0.421. The predicted octanol–water partition coefficient (Wildman–Crippen LogP) is 1.89. The highest BCUT2D eigenvalue weighted by Gasteiger charge is 2.34. The highest BCUT2D eigenvalue weighted by Crippen LogP contribution is 2.24. The maximum Gasteiger partial charge on any atom is 0.290 e. The van der Waals surface area contributed by atoms with E-state index in [1.165, 1.54) is 22.3 Å². The number of aryl methyl sites for hydroxylation is 1. The Labute approximate surface area is 158 Å². The number of hydrazine groups is 1. The number of nitrogens with zero attached hydrogens (tertiary/aromatic N) is 6. The summed E-state index contributed by atoms with van der Waals surface area (Å²) in [7, 11) is 1.73. The van der Waals surface area contributed by atoms with Gasteiger partial charge in [-0.1, -0.05) is 20.8 Å². The molecule has 140 valence electrons. The molecule has 3 rings (SSSR count). The zero-order valence-corrected chi connectivity index (χ0v) is 15.9. The van der Waals surface area contributed by atoms with Gasteiger partial charge in [-0.15, -0.1) is 0 Å². The standard InChI is InChI=1S/C19H22N6O2/c1-19(2,3)16-10-15(23(4)22-16)18(27)25-9-5-8-24(25)17(26)13-6-7-14(11-20)21-12-13/h6-7,10,12H,5,8-9H2,1-4H3. The van der Waals surface area contributed by atoms with Crippen LogP contribution in [0.1, 0.15) is 59.4 Å². The molecule has 1 fully saturated rings. The maximum atomic E-state index is 13.1. The molecule has 2 aromatic heterocycles. The maximum absolute atomic E-state index is 13.1. The van der Waals surface area contributed by atoms with E-state index in [1.54, 1.807) is 23.9 Å². The van der Waals surface area contributed by atoms with Crippen LogP contribution < -0.4 is 0 Å². The fourth-order valence-electron chi connectivity index (χ4n) is 2.94. The summed E-state index contributed by atoms with van der Waals surface area (Å²) in [6.45, 7) is 7.02. The summed E-state index contributed by atoms with van der Waals surface area (Å²) in [5.41, 5.74) is 1.67. The number of nitriles is 1. The molecule has 0 unspecified atom stereocenters. The van der Waals surface area contributed by atoms with Gasteiger partial charge in [-0.2, -0.15) is 10.4 Å². The van der Waals surface area contributed by atoms with E-state index < -0.39 is 0 Å². The van der Waals surface area contributed by atoms with Gasteiger partial charge in [0.05, 0.1) is 11.3 Å². The second-order valence-electron chi connectivity index (χ2n) is 7.54. The minimum absolute atomic E-state index is 0.176. The Morgan fingerprint density at radius 1 is 1.15 bits per heavy atom. The Morgan fingerprint density at radius 3 is 2.33 bits per heavy atom. The van der Waals surface area contributed by atoms with Crippen LogP contribution in [0.2, 0.25) is 0 Å². The summed E-state index contributed by atoms with van der Waals surface area (Å²) >= 11 is 0. The van der Waals surface area contributed by atoms with E-state index in [9.17, 15) is 9.59 Å². The molecule has 0 bridgehead atoms. The number of aromatic nitrogens is 3. The first-order valence-electron chi connectivity index (χ1n) is 8.76. The molecular formula is C19H22N6O2. The third-order valence-electron chi connectivity index (χ3n) is 4.49. The van der Waals surface area contributed by atoms with Gasteiger partial charge in [-0.25, -0.2) is 15.0 Å². The van der Waals surface area contributed by atoms with Crippen LogP contribution in [0.25, 0.3) is 0 Å². The Hall–Kier alpha value is -3.21. The molecule has 0 spiro atoms. The summed E-state index contributed by atoms with van der Waals surface area (Å²) in [4.78, 5) is 29.8. The van der Waals surface area contributed by atoms with Gasteiger partial charge >= 0.3 is 0 Å². The largest absolute Gasteiger partial charge is 0.290 e. The van der Waals surface area contributed by atoms with Crippen LogP contribution in [0, 0.1) is 11.3 Å². The normalized spacial score (nSPS) is 14.3. The lowest BCUT2D eigenvalue weighted by Gasteiger charge is -2.27. The summed E-state index contributed by atoms with van der Waals surface area (Å²) in [5, 5.41) is 16.2. The molecule has 0 N–H and O–H groups in total. The topological polar surface area (TPSA) is 95.1 Å². The zero-order chi connectivity index (χ0) is 19.8. The van der Waals surface area contributed by atoms with Crippen LogP contribution >= 0.6 is 0 Å². The molecule has 27 heavy (non-hydrogen) atoms. The number of carbonyl (C=O) groups is 2. The molecule has 3 heterocycles. The zero-order valence-electron chi connectivity index (χ0n) is 15.9. The van der Waals surface area contributed by atoms with Crippen LogP contribution in [0.4, 0.5) is 0 Å². The SMILES string of the molecule is Cn1nc(C(C)(C)C)cc1C(=O)N1CCCN1C(=O)c1ccc(C#N)nc1. The molecule has 8 nitrogen and oxygen atoms in total. The molecule has 2 amide bonds. The average molecular weight is 366 g/mol. The molecule has 8 heteroatoms. The first kappa shape index (κ1) is 18.6. The van der Waals surface area contributed by atoms with E-state index in [4.69, 9.17) is 5.26 Å². The molecule has 0 radical (unpaired) electrons. The number of amides is 2. The van der Waals surface area contributed by atoms with Crippen LogP contribution in [0.5, 0.6) is 0 Å². The van der Waals surface area contributed by atoms with Gasteiger partial charge in [-0.3, -0.25) is 14.3 Å². The van der Waals surface area contributed by atoms with Crippen LogP contribution in [-0.2, 0) is 12.5 Å². The lowest BCUT2D eigenvalue weighted by atomic mass is 9.92. The van der Waals surface area contributed by atoms with Crippen LogP contribution in [0.15, 0.2) is 24.4 Å². The van der Waals surface area contributed by atoms with Crippen LogP contribution in [-0.4, -0.2) is 49.7 Å². The van der Waals surface area contributed by atoms with Crippen molar-refractivity contribution in [2.75, 3.05) is 13.1 Å². The first-order valence-corrected chi connectivity index (χ1v) is 8.76. The summed E-state index contributed by atoms with van der Waals surface area (Å²) in [6.07, 6.45) is 2.06. The second-order valence-corrected chi connectivity index (χ2v) is 7.54. The highest BCUT2D eigenvalue weighted by molar-refractivity contribution is 5.98. The third kappa shape index (κ3) is 3.53. The van der Waals surface area contributed by atoms with Crippen molar-refractivity contribution >= 4 is 11.8 Å². The Bertz CT molecular complexity index is 917. The minimum atomic E-state index is -0.309. The van der Waals surface area contributed by atoms with E-state index in [2.05, 4.69) is 10.1 Å². The number of pyridine rings is 1. The summed E-state index contributed by atoms with van der Waals surface area (Å²) in [6, 6.07) is 6.75. The van der Waals surface area contributed by atoms with Crippen molar-refractivity contribution in [2.45, 2.75) is 32.6 Å². The van der Waals surface area contributed by atoms with Crippen molar-refractivity contribution < 1.29 is 9.59 Å². The van der Waals surface area contributed by atoms with Crippen molar-refractivity contribution in [3.05, 3.63) is 47.0 Å². The Balaban J connectivity index is 1.85. The van der Waals surface area contributed by atoms with E-state index in [0.29, 0.717) is 30.8 Å². The number of hydrogen-bond donors (Lipinski definition) is 0. The monoisotopic (exact) mass is 366 g/mol. The van der Waals surface area contributed by atoms with Gasteiger partial charge in [0, 0.05) is 31.7 Å². The van der Waals surface area contributed by atoms with Crippen molar-refractivity contribution in [3.8, 4) is 6.07 Å². The number of rotatable bonds is 2. The predicted molar refractivity (Wildman–Crippen MR) is 97.6 cm³/mol. The molecule has 2 aromatic rings. The van der Waals surface area contributed by atoms with E-state index >= 15 is 0 Å². The van der Waals surface area contributed by atoms with E-state index in [-0.39, 0.29) is 22.9 Å². The lowest BCUT2D eigenvalue weighted by Crippen LogP contribution is -2.45. The highest BCUT2D eigenvalue weighted by atomic mass is 16.2. The molecule has 0 saturated carbocycles. The van der Waals surface area contributed by atoms with Gasteiger partial charge < -0.3 is 0 Å². The fourth-order valence-corrected chi connectivity index (χ4v) is 2.94. The average Bonchev–Trinajstić information content (AvgIpc) is 3.27. The molecule has 0 aromatic carbocycles. The van der Waals surface area contributed by atoms with Crippen LogP contribution in [0.3, 0.4) is 0 Å².